The summed E-state index contributed by atoms with van der Waals surface area (Å²) in [6, 6.07) is -0.989. The highest BCUT2D eigenvalue weighted by molar-refractivity contribution is 5.76. The van der Waals surface area contributed by atoms with Gasteiger partial charge in [-0.2, -0.15) is 0 Å². The fourth-order valence-electron chi connectivity index (χ4n) is 15.2. The van der Waals surface area contributed by atoms with Crippen LogP contribution in [0.4, 0.5) is 0 Å². The molecule has 3 fully saturated rings. The van der Waals surface area contributed by atoms with Crippen LogP contribution in [0.2, 0.25) is 0 Å². The van der Waals surface area contributed by atoms with Crippen LogP contribution in [-0.4, -0.2) is 193 Å². The molecular formula is C86H163NO18. The summed E-state index contributed by atoms with van der Waals surface area (Å²) in [5.74, 6) is -0.276. The number of nitrogens with one attached hydrogen (secondary N) is 1. The number of ether oxygens (including phenoxy) is 6. The molecule has 17 unspecified atom stereocenters. The van der Waals surface area contributed by atoms with Crippen molar-refractivity contribution < 1.29 is 89.4 Å². The molecule has 0 radical (unpaired) electrons. The molecule has 1 amide bonds. The van der Waals surface area contributed by atoms with Crippen molar-refractivity contribution in [2.24, 2.45) is 0 Å². The van der Waals surface area contributed by atoms with Crippen LogP contribution in [0.15, 0.2) is 24.3 Å². The molecule has 105 heavy (non-hydrogen) atoms. The van der Waals surface area contributed by atoms with Crippen LogP contribution in [0.25, 0.3) is 0 Å². The summed E-state index contributed by atoms with van der Waals surface area (Å²) in [4.78, 5) is 13.5. The Hall–Kier alpha value is -1.73. The van der Waals surface area contributed by atoms with Gasteiger partial charge in [-0.1, -0.05) is 372 Å². The SMILES string of the molecule is CCCCCCCCCCCCCCCCCCCCCCCCC/C=C/CC/C=C/C(O)C(COC1OC(CO)C(OC2OC(CO)C(OC3OC(CO)C(O)C(O)C3O)C(O)C2O)C(O)C1O)NC(=O)CCCCCCCCCCCCCCCCCCCCCCCCCCCCCCCCC. The first-order valence-corrected chi connectivity index (χ1v) is 44.1. The van der Waals surface area contributed by atoms with Crippen molar-refractivity contribution in [2.75, 3.05) is 26.4 Å². The summed E-state index contributed by atoms with van der Waals surface area (Å²) >= 11 is 0. The Morgan fingerprint density at radius 1 is 0.333 bits per heavy atom. The molecule has 0 aromatic carbocycles. The molecule has 3 saturated heterocycles. The van der Waals surface area contributed by atoms with Gasteiger partial charge in [0, 0.05) is 6.42 Å². The van der Waals surface area contributed by atoms with Crippen LogP contribution in [-0.2, 0) is 33.2 Å². The lowest BCUT2D eigenvalue weighted by Crippen LogP contribution is -2.66. The molecule has 17 atom stereocenters. The summed E-state index contributed by atoms with van der Waals surface area (Å²) in [7, 11) is 0. The summed E-state index contributed by atoms with van der Waals surface area (Å²) < 4.78 is 34.5. The van der Waals surface area contributed by atoms with Crippen molar-refractivity contribution in [3.05, 3.63) is 24.3 Å². The summed E-state index contributed by atoms with van der Waals surface area (Å²) in [6.07, 6.45) is 56.2. The Labute approximate surface area is 638 Å². The highest BCUT2D eigenvalue weighted by atomic mass is 16.8. The van der Waals surface area contributed by atoms with Gasteiger partial charge in [-0.3, -0.25) is 4.79 Å². The molecule has 19 heteroatoms. The van der Waals surface area contributed by atoms with Gasteiger partial charge in [-0.05, 0) is 32.1 Å². The molecule has 620 valence electrons. The highest BCUT2D eigenvalue weighted by Gasteiger charge is 2.54. The zero-order valence-electron chi connectivity index (χ0n) is 66.7. The zero-order valence-corrected chi connectivity index (χ0v) is 66.7. The van der Waals surface area contributed by atoms with Crippen LogP contribution >= 0.6 is 0 Å². The van der Waals surface area contributed by atoms with Crippen LogP contribution in [0, 0.1) is 0 Å². The van der Waals surface area contributed by atoms with E-state index in [1.54, 1.807) is 6.08 Å². The summed E-state index contributed by atoms with van der Waals surface area (Å²) in [5, 5.41) is 121. The molecule has 0 aromatic rings. The van der Waals surface area contributed by atoms with E-state index in [1.165, 1.54) is 315 Å². The second kappa shape index (κ2) is 66.8. The summed E-state index contributed by atoms with van der Waals surface area (Å²) in [5.41, 5.74) is 0. The first-order valence-electron chi connectivity index (χ1n) is 44.1. The van der Waals surface area contributed by atoms with Gasteiger partial charge in [0.2, 0.25) is 5.91 Å². The Morgan fingerprint density at radius 2 is 0.610 bits per heavy atom. The van der Waals surface area contributed by atoms with Crippen LogP contribution in [0.1, 0.15) is 386 Å². The minimum Gasteiger partial charge on any atom is -0.394 e. The van der Waals surface area contributed by atoms with Crippen molar-refractivity contribution >= 4 is 5.91 Å². The topological polar surface area (TPSA) is 307 Å². The molecule has 0 bridgehead atoms. The van der Waals surface area contributed by atoms with Crippen molar-refractivity contribution in [2.45, 2.75) is 491 Å². The third-order valence-electron chi connectivity index (χ3n) is 22.3. The smallest absolute Gasteiger partial charge is 0.220 e. The van der Waals surface area contributed by atoms with Gasteiger partial charge in [0.05, 0.1) is 38.6 Å². The van der Waals surface area contributed by atoms with E-state index in [1.807, 2.05) is 6.08 Å². The van der Waals surface area contributed by atoms with E-state index in [9.17, 15) is 61.0 Å². The van der Waals surface area contributed by atoms with Gasteiger partial charge in [0.15, 0.2) is 18.9 Å². The fourth-order valence-corrected chi connectivity index (χ4v) is 15.2. The van der Waals surface area contributed by atoms with Crippen LogP contribution in [0.3, 0.4) is 0 Å². The maximum Gasteiger partial charge on any atom is 0.220 e. The maximum atomic E-state index is 13.5. The molecule has 0 aliphatic carbocycles. The lowest BCUT2D eigenvalue weighted by atomic mass is 9.96. The Kier molecular flexibility index (Phi) is 62.0. The third kappa shape index (κ3) is 46.1. The average molecular weight is 1500 g/mol. The first kappa shape index (κ1) is 97.5. The first-order chi connectivity index (χ1) is 51.3. The molecule has 0 spiro atoms. The molecule has 3 aliphatic heterocycles. The van der Waals surface area contributed by atoms with E-state index in [4.69, 9.17) is 28.4 Å². The molecular weight excluding hydrogens is 1330 g/mol. The Morgan fingerprint density at radius 3 is 0.952 bits per heavy atom. The third-order valence-corrected chi connectivity index (χ3v) is 22.3. The molecule has 3 heterocycles. The molecule has 19 nitrogen and oxygen atoms in total. The molecule has 0 aromatic heterocycles. The number of aliphatic hydroxyl groups excluding tert-OH is 11. The van der Waals surface area contributed by atoms with E-state index >= 15 is 0 Å². The Balaban J connectivity index is 1.35. The quantitative estimate of drug-likeness (QED) is 0.0199. The minimum atomic E-state index is -1.98. The monoisotopic (exact) mass is 1500 g/mol. The van der Waals surface area contributed by atoms with E-state index in [0.717, 1.165) is 38.5 Å². The number of allylic oxidation sites excluding steroid dienone is 3. The molecule has 0 saturated carbocycles. The normalized spacial score (nSPS) is 25.8. The van der Waals surface area contributed by atoms with Gasteiger partial charge in [-0.15, -0.1) is 0 Å². The molecule has 3 aliphatic rings. The van der Waals surface area contributed by atoms with Crippen molar-refractivity contribution in [3.8, 4) is 0 Å². The van der Waals surface area contributed by atoms with Crippen molar-refractivity contribution in [1.29, 1.82) is 0 Å². The van der Waals surface area contributed by atoms with Gasteiger partial charge in [0.25, 0.3) is 0 Å². The number of rotatable bonds is 72. The minimum absolute atomic E-state index is 0.241. The lowest BCUT2D eigenvalue weighted by molar-refractivity contribution is -0.379. The Bertz CT molecular complexity index is 1990. The zero-order chi connectivity index (χ0) is 76.0. The van der Waals surface area contributed by atoms with E-state index in [2.05, 4.69) is 31.3 Å². The predicted octanol–water partition coefficient (Wildman–Crippen LogP) is 16.1. The lowest BCUT2D eigenvalue weighted by Gasteiger charge is -2.48. The number of hydrogen-bond acceptors (Lipinski definition) is 18. The van der Waals surface area contributed by atoms with E-state index in [-0.39, 0.29) is 18.9 Å². The second-order valence-corrected chi connectivity index (χ2v) is 31.7. The molecule has 3 rings (SSSR count). The number of unbranched alkanes of at least 4 members (excludes halogenated alkanes) is 54. The van der Waals surface area contributed by atoms with E-state index in [0.29, 0.717) is 12.8 Å². The highest BCUT2D eigenvalue weighted by Crippen LogP contribution is 2.34. The fraction of sp³-hybridized carbons (Fsp3) is 0.942. The maximum absolute atomic E-state index is 13.5. The number of hydrogen-bond donors (Lipinski definition) is 12. The largest absolute Gasteiger partial charge is 0.394 e. The number of amides is 1. The average Bonchev–Trinajstić information content (AvgIpc) is 0.781. The molecule has 12 N–H and O–H groups in total. The van der Waals surface area contributed by atoms with Gasteiger partial charge in [-0.25, -0.2) is 0 Å². The number of aliphatic hydroxyl groups is 11. The standard InChI is InChI=1S/C86H163NO18/c1-3-5-7-9-11-13-15-17-19-21-23-25-27-29-31-33-34-36-38-40-42-44-46-48-50-52-54-56-58-60-62-64-74(92)87-69(70(91)63-61-59-57-55-53-51-49-47-45-43-41-39-37-35-32-30-28-26-24-22-20-18-16-14-12-10-8-6-4-2)68-100-84-80(98)77(95)82(72(66-89)102-84)105-86-81(99)78(96)83(73(67-90)103-86)104-85-79(97)76(94)75(93)71(65-88)101-85/h53,55,61,63,69-73,75-86,88-91,93-99H,3-52,54,56-60,62,64-68H2,1-2H3,(H,87,92)/b55-53+,63-61+. The predicted molar refractivity (Wildman–Crippen MR) is 420 cm³/mol. The van der Waals surface area contributed by atoms with Gasteiger partial charge in [0.1, 0.15) is 73.2 Å². The van der Waals surface area contributed by atoms with Gasteiger partial charge >= 0.3 is 0 Å². The summed E-state index contributed by atoms with van der Waals surface area (Å²) in [6.45, 7) is 1.79. The van der Waals surface area contributed by atoms with E-state index < -0.39 is 124 Å². The number of carbonyl (C=O) groups is 1. The van der Waals surface area contributed by atoms with Gasteiger partial charge < -0.3 is 89.9 Å². The number of carbonyl (C=O) groups excluding carboxylic acids is 1. The second-order valence-electron chi connectivity index (χ2n) is 31.7. The van der Waals surface area contributed by atoms with Crippen molar-refractivity contribution in [1.82, 2.24) is 5.32 Å². The van der Waals surface area contributed by atoms with Crippen LogP contribution in [0.5, 0.6) is 0 Å². The van der Waals surface area contributed by atoms with Crippen molar-refractivity contribution in [3.63, 3.8) is 0 Å². The van der Waals surface area contributed by atoms with Crippen LogP contribution < -0.4 is 5.32 Å².